The van der Waals surface area contributed by atoms with E-state index in [1.165, 1.54) is 12.8 Å². The number of ether oxygens (including phenoxy) is 1. The summed E-state index contributed by atoms with van der Waals surface area (Å²) in [5.74, 6) is 1.37. The molecule has 0 bridgehead atoms. The van der Waals surface area contributed by atoms with E-state index in [2.05, 4.69) is 20.4 Å². The molecule has 42 heavy (non-hydrogen) atoms. The zero-order valence-corrected chi connectivity index (χ0v) is 26.5. The van der Waals surface area contributed by atoms with Crippen LogP contribution < -0.4 is 10.6 Å². The molecule has 2 saturated heterocycles. The fraction of sp³-hybridized carbons (Fsp3) is 0.710. The lowest BCUT2D eigenvalue weighted by molar-refractivity contribution is -0.129. The summed E-state index contributed by atoms with van der Waals surface area (Å²) in [5.41, 5.74) is 0.733. The number of rotatable bonds is 10. The molecule has 1 aromatic rings. The van der Waals surface area contributed by atoms with Gasteiger partial charge in [0.25, 0.3) is 5.91 Å². The van der Waals surface area contributed by atoms with Crippen molar-refractivity contribution in [1.29, 1.82) is 0 Å². The predicted molar refractivity (Wildman–Crippen MR) is 171 cm³/mol. The standard InChI is InChI=1S/C31H47N5O4S2/c1-41-20-11-25(21-37)32-29(39)31(12-3-2-4-13-31)34-28(38)24-7-5-23(6-8-24)27-22-42-30(33-27)36-14-9-26(10-15-36)35-16-18-40-19-17-35/h5-8,25-27,37H,2-4,9-22H2,1H3,(H,32,39)(H,34,38)/t25-,27?/m0/s1. The number of aliphatic hydroxyl groups excluding tert-OH is 1. The lowest BCUT2D eigenvalue weighted by atomic mass is 9.80. The Morgan fingerprint density at radius 2 is 1.83 bits per heavy atom. The minimum atomic E-state index is -0.933. The number of benzene rings is 1. The molecule has 2 amide bonds. The molecule has 0 aromatic heterocycles. The summed E-state index contributed by atoms with van der Waals surface area (Å²) in [6.45, 7) is 5.79. The largest absolute Gasteiger partial charge is 0.394 e. The lowest BCUT2D eigenvalue weighted by Gasteiger charge is -2.40. The van der Waals surface area contributed by atoms with E-state index in [0.717, 1.165) is 80.9 Å². The Kier molecular flexibility index (Phi) is 11.5. The average Bonchev–Trinajstić information content (AvgIpc) is 3.54. The van der Waals surface area contributed by atoms with Crippen LogP contribution in [0.5, 0.6) is 0 Å². The summed E-state index contributed by atoms with van der Waals surface area (Å²) < 4.78 is 5.52. The highest BCUT2D eigenvalue weighted by molar-refractivity contribution is 8.14. The molecule has 1 unspecified atom stereocenters. The van der Waals surface area contributed by atoms with Crippen LogP contribution in [-0.4, -0.2) is 113 Å². The van der Waals surface area contributed by atoms with Crippen molar-refractivity contribution in [1.82, 2.24) is 20.4 Å². The molecule has 1 aromatic carbocycles. The van der Waals surface area contributed by atoms with Crippen LogP contribution in [0, 0.1) is 0 Å². The van der Waals surface area contributed by atoms with Gasteiger partial charge in [-0.1, -0.05) is 43.2 Å². The van der Waals surface area contributed by atoms with Gasteiger partial charge in [-0.05, 0) is 61.8 Å². The van der Waals surface area contributed by atoms with Gasteiger partial charge in [-0.3, -0.25) is 19.5 Å². The van der Waals surface area contributed by atoms with Gasteiger partial charge in [-0.2, -0.15) is 11.8 Å². The quantitative estimate of drug-likeness (QED) is 0.368. The van der Waals surface area contributed by atoms with Crippen molar-refractivity contribution in [3.05, 3.63) is 35.4 Å². The van der Waals surface area contributed by atoms with Crippen molar-refractivity contribution < 1.29 is 19.4 Å². The number of carbonyl (C=O) groups excluding carboxylic acids is 2. The maximum Gasteiger partial charge on any atom is 0.252 e. The number of carbonyl (C=O) groups is 2. The second-order valence-corrected chi connectivity index (χ2v) is 13.9. The van der Waals surface area contributed by atoms with Gasteiger partial charge in [0.15, 0.2) is 5.17 Å². The van der Waals surface area contributed by atoms with Crippen molar-refractivity contribution in [2.75, 3.05) is 63.8 Å². The highest BCUT2D eigenvalue weighted by Gasteiger charge is 2.41. The zero-order valence-electron chi connectivity index (χ0n) is 24.9. The fourth-order valence-corrected chi connectivity index (χ4v) is 8.23. The number of amides is 2. The molecule has 3 aliphatic heterocycles. The molecule has 0 spiro atoms. The van der Waals surface area contributed by atoms with E-state index in [4.69, 9.17) is 9.73 Å². The molecular formula is C31H47N5O4S2. The maximum atomic E-state index is 13.4. The van der Waals surface area contributed by atoms with Crippen LogP contribution in [0.3, 0.4) is 0 Å². The number of piperidine rings is 1. The number of aliphatic imine (C=N–C) groups is 1. The second-order valence-electron chi connectivity index (χ2n) is 12.0. The molecule has 1 aliphatic carbocycles. The van der Waals surface area contributed by atoms with Gasteiger partial charge in [0, 0.05) is 43.5 Å². The summed E-state index contributed by atoms with van der Waals surface area (Å²) in [4.78, 5) is 36.9. The molecule has 5 rings (SSSR count). The van der Waals surface area contributed by atoms with Crippen LogP contribution in [0.1, 0.15) is 73.3 Å². The minimum Gasteiger partial charge on any atom is -0.394 e. The smallest absolute Gasteiger partial charge is 0.252 e. The van der Waals surface area contributed by atoms with Gasteiger partial charge >= 0.3 is 0 Å². The Bertz CT molecular complexity index is 1070. The fourth-order valence-electron chi connectivity index (χ4n) is 6.57. The van der Waals surface area contributed by atoms with E-state index in [1.54, 1.807) is 11.8 Å². The van der Waals surface area contributed by atoms with Crippen LogP contribution in [0.15, 0.2) is 29.3 Å². The number of nitrogens with zero attached hydrogens (tertiary/aromatic N) is 3. The van der Waals surface area contributed by atoms with Crippen LogP contribution in [-0.2, 0) is 9.53 Å². The topological polar surface area (TPSA) is 106 Å². The number of nitrogens with one attached hydrogen (secondary N) is 2. The second kappa shape index (κ2) is 15.3. The number of likely N-dealkylation sites (tertiary alicyclic amines) is 1. The molecule has 232 valence electrons. The third-order valence-electron chi connectivity index (χ3n) is 9.21. The summed E-state index contributed by atoms with van der Waals surface area (Å²) in [6, 6.07) is 8.18. The molecule has 4 aliphatic rings. The van der Waals surface area contributed by atoms with Crippen molar-refractivity contribution in [3.8, 4) is 0 Å². The first-order valence-electron chi connectivity index (χ1n) is 15.6. The molecule has 2 atom stereocenters. The van der Waals surface area contributed by atoms with Gasteiger partial charge in [0.2, 0.25) is 5.91 Å². The van der Waals surface area contributed by atoms with E-state index in [-0.39, 0.29) is 30.5 Å². The van der Waals surface area contributed by atoms with Crippen LogP contribution in [0.4, 0.5) is 0 Å². The summed E-state index contributed by atoms with van der Waals surface area (Å²) in [7, 11) is 0. The van der Waals surface area contributed by atoms with Crippen LogP contribution >= 0.6 is 23.5 Å². The Morgan fingerprint density at radius 3 is 2.50 bits per heavy atom. The number of morpholine rings is 1. The summed E-state index contributed by atoms with van der Waals surface area (Å²) in [5, 5.41) is 17.1. The first-order chi connectivity index (χ1) is 20.5. The number of hydrogen-bond acceptors (Lipinski definition) is 9. The van der Waals surface area contributed by atoms with Gasteiger partial charge in [0.1, 0.15) is 5.54 Å². The summed E-state index contributed by atoms with van der Waals surface area (Å²) >= 11 is 3.52. The van der Waals surface area contributed by atoms with Crippen molar-refractivity contribution >= 4 is 40.5 Å². The van der Waals surface area contributed by atoms with Gasteiger partial charge in [-0.25, -0.2) is 0 Å². The Hall–Kier alpha value is -1.79. The first-order valence-corrected chi connectivity index (χ1v) is 18.0. The highest BCUT2D eigenvalue weighted by Crippen LogP contribution is 2.34. The van der Waals surface area contributed by atoms with E-state index in [0.29, 0.717) is 30.9 Å². The van der Waals surface area contributed by atoms with E-state index >= 15 is 0 Å². The Balaban J connectivity index is 1.17. The van der Waals surface area contributed by atoms with Crippen molar-refractivity contribution in [3.63, 3.8) is 0 Å². The third kappa shape index (κ3) is 7.83. The van der Waals surface area contributed by atoms with Gasteiger partial charge in [0.05, 0.1) is 31.9 Å². The van der Waals surface area contributed by atoms with Crippen LogP contribution in [0.25, 0.3) is 0 Å². The van der Waals surface area contributed by atoms with Crippen molar-refractivity contribution in [2.45, 2.75) is 75.0 Å². The normalized spacial score (nSPS) is 24.2. The number of amidine groups is 1. The SMILES string of the molecule is CSCC[C@@H](CO)NC(=O)C1(NC(=O)c2ccc(C3CSC(N4CCC(N5CCOCC5)CC4)=N3)cc2)CCCCC1. The third-order valence-corrected chi connectivity index (χ3v) is 11.0. The predicted octanol–water partition coefficient (Wildman–Crippen LogP) is 3.29. The Labute approximate surface area is 259 Å². The van der Waals surface area contributed by atoms with Crippen LogP contribution in [0.2, 0.25) is 0 Å². The van der Waals surface area contributed by atoms with Gasteiger partial charge < -0.3 is 25.4 Å². The molecule has 3 heterocycles. The average molecular weight is 618 g/mol. The maximum absolute atomic E-state index is 13.4. The number of aliphatic hydroxyl groups is 1. The molecule has 1 saturated carbocycles. The monoisotopic (exact) mass is 617 g/mol. The molecule has 0 radical (unpaired) electrons. The highest BCUT2D eigenvalue weighted by atomic mass is 32.2. The van der Waals surface area contributed by atoms with Crippen molar-refractivity contribution in [2.24, 2.45) is 4.99 Å². The number of hydrogen-bond donors (Lipinski definition) is 3. The molecule has 3 fully saturated rings. The lowest BCUT2D eigenvalue weighted by Crippen LogP contribution is -2.61. The molecule has 3 N–H and O–H groups in total. The number of thioether (sulfide) groups is 2. The zero-order chi connectivity index (χ0) is 29.4. The molecular weight excluding hydrogens is 571 g/mol. The molecule has 11 heteroatoms. The summed E-state index contributed by atoms with van der Waals surface area (Å²) in [6.07, 6.45) is 9.13. The molecule has 9 nitrogen and oxygen atoms in total. The van der Waals surface area contributed by atoms with Gasteiger partial charge in [-0.15, -0.1) is 0 Å². The first kappa shape index (κ1) is 31.6. The van der Waals surface area contributed by atoms with E-state index in [1.807, 2.05) is 42.3 Å². The minimum absolute atomic E-state index is 0.0891. The van der Waals surface area contributed by atoms with E-state index < -0.39 is 5.54 Å². The Morgan fingerprint density at radius 1 is 1.12 bits per heavy atom. The van der Waals surface area contributed by atoms with E-state index in [9.17, 15) is 14.7 Å².